The van der Waals surface area contributed by atoms with Crippen LogP contribution in [0.15, 0.2) is 29.3 Å². The minimum atomic E-state index is 0. The maximum atomic E-state index is 11.9. The number of nitrogens with one attached hydrogen (secondary N) is 2. The van der Waals surface area contributed by atoms with Crippen LogP contribution in [0.1, 0.15) is 60.9 Å². The van der Waals surface area contributed by atoms with Crippen LogP contribution in [0.4, 0.5) is 0 Å². The van der Waals surface area contributed by atoms with E-state index in [4.69, 9.17) is 0 Å². The van der Waals surface area contributed by atoms with E-state index in [1.807, 2.05) is 24.3 Å². The van der Waals surface area contributed by atoms with Gasteiger partial charge in [0.25, 0.3) is 5.91 Å². The minimum absolute atomic E-state index is 0. The Morgan fingerprint density at radius 2 is 1.78 bits per heavy atom. The monoisotopic (exact) mass is 486 g/mol. The number of guanidine groups is 1. The molecule has 1 aliphatic carbocycles. The van der Waals surface area contributed by atoms with Gasteiger partial charge in [0.15, 0.2) is 5.96 Å². The maximum absolute atomic E-state index is 11.9. The summed E-state index contributed by atoms with van der Waals surface area (Å²) < 4.78 is 0. The smallest absolute Gasteiger partial charge is 0.253 e. The highest BCUT2D eigenvalue weighted by atomic mass is 127. The Bertz CT molecular complexity index is 580. The van der Waals surface area contributed by atoms with Crippen molar-refractivity contribution in [3.05, 3.63) is 35.4 Å². The van der Waals surface area contributed by atoms with E-state index < -0.39 is 0 Å². The molecule has 1 amide bonds. The molecule has 2 rings (SSSR count). The summed E-state index contributed by atoms with van der Waals surface area (Å²) in [6.45, 7) is 1.65. The summed E-state index contributed by atoms with van der Waals surface area (Å²) in [5, 5.41) is 6.72. The molecule has 0 saturated heterocycles. The van der Waals surface area contributed by atoms with Crippen LogP contribution in [0.3, 0.4) is 0 Å². The fourth-order valence-electron chi connectivity index (χ4n) is 3.49. The first-order chi connectivity index (χ1) is 12.6. The Labute approximate surface area is 181 Å². The van der Waals surface area contributed by atoms with Gasteiger partial charge in [0, 0.05) is 39.8 Å². The highest BCUT2D eigenvalue weighted by Gasteiger charge is 2.13. The van der Waals surface area contributed by atoms with Gasteiger partial charge in [0.05, 0.1) is 0 Å². The van der Waals surface area contributed by atoms with Crippen LogP contribution in [-0.2, 0) is 6.54 Å². The van der Waals surface area contributed by atoms with E-state index in [0.29, 0.717) is 12.1 Å². The summed E-state index contributed by atoms with van der Waals surface area (Å²) in [6.07, 6.45) is 9.62. The van der Waals surface area contributed by atoms with Crippen molar-refractivity contribution in [3.63, 3.8) is 0 Å². The molecule has 0 atom stereocenters. The molecule has 0 unspecified atom stereocenters. The third-order valence-electron chi connectivity index (χ3n) is 5.10. The van der Waals surface area contributed by atoms with Crippen LogP contribution >= 0.6 is 24.0 Å². The molecule has 0 radical (unpaired) electrons. The van der Waals surface area contributed by atoms with Gasteiger partial charge in [-0.1, -0.05) is 50.7 Å². The maximum Gasteiger partial charge on any atom is 0.253 e. The molecule has 1 fully saturated rings. The highest BCUT2D eigenvalue weighted by Crippen LogP contribution is 2.28. The van der Waals surface area contributed by atoms with Gasteiger partial charge in [0.2, 0.25) is 0 Å². The first kappa shape index (κ1) is 23.7. The van der Waals surface area contributed by atoms with Crippen LogP contribution in [-0.4, -0.2) is 44.5 Å². The summed E-state index contributed by atoms with van der Waals surface area (Å²) in [5.41, 5.74) is 1.84. The van der Waals surface area contributed by atoms with E-state index in [1.165, 1.54) is 44.9 Å². The van der Waals surface area contributed by atoms with E-state index in [9.17, 15) is 4.79 Å². The number of hydrogen-bond donors (Lipinski definition) is 2. The van der Waals surface area contributed by atoms with Crippen LogP contribution in [0.2, 0.25) is 0 Å². The summed E-state index contributed by atoms with van der Waals surface area (Å²) >= 11 is 0. The number of benzene rings is 1. The van der Waals surface area contributed by atoms with Gasteiger partial charge in [-0.15, -0.1) is 24.0 Å². The third-order valence-corrected chi connectivity index (χ3v) is 5.10. The number of hydrogen-bond acceptors (Lipinski definition) is 2. The molecule has 6 heteroatoms. The molecule has 2 N–H and O–H groups in total. The summed E-state index contributed by atoms with van der Waals surface area (Å²) in [4.78, 5) is 17.8. The van der Waals surface area contributed by atoms with E-state index in [0.717, 1.165) is 24.0 Å². The number of amides is 1. The van der Waals surface area contributed by atoms with Crippen molar-refractivity contribution in [2.75, 3.05) is 27.7 Å². The standard InChI is InChI=1S/C21H34N4O.HI/c1-22-21(23-15-7-6-10-17-8-4-5-9-17)24-16-18-11-13-19(14-12-18)20(26)25(2)3;/h11-14,17H,4-10,15-16H2,1-3H3,(H2,22,23,24);1H. The van der Waals surface area contributed by atoms with E-state index in [-0.39, 0.29) is 29.9 Å². The fourth-order valence-corrected chi connectivity index (χ4v) is 3.49. The molecule has 1 saturated carbocycles. The Morgan fingerprint density at radius 1 is 1.11 bits per heavy atom. The zero-order valence-electron chi connectivity index (χ0n) is 17.0. The van der Waals surface area contributed by atoms with Crippen molar-refractivity contribution >= 4 is 35.8 Å². The first-order valence-electron chi connectivity index (χ1n) is 9.85. The molecule has 27 heavy (non-hydrogen) atoms. The number of aliphatic imine (C=N–C) groups is 1. The molecule has 152 valence electrons. The molecule has 0 heterocycles. The van der Waals surface area contributed by atoms with Crippen LogP contribution in [0, 0.1) is 5.92 Å². The van der Waals surface area contributed by atoms with E-state index in [2.05, 4.69) is 15.6 Å². The average molecular weight is 486 g/mol. The van der Waals surface area contributed by atoms with Crippen molar-refractivity contribution in [1.29, 1.82) is 0 Å². The SMILES string of the molecule is CN=C(NCCCCC1CCCC1)NCc1ccc(C(=O)N(C)C)cc1.I. The van der Waals surface area contributed by atoms with Crippen molar-refractivity contribution < 1.29 is 4.79 Å². The highest BCUT2D eigenvalue weighted by molar-refractivity contribution is 14.0. The number of nitrogens with zero attached hydrogens (tertiary/aromatic N) is 2. The lowest BCUT2D eigenvalue weighted by atomic mass is 10.0. The second kappa shape index (κ2) is 13.0. The Morgan fingerprint density at radius 3 is 2.37 bits per heavy atom. The van der Waals surface area contributed by atoms with Crippen molar-refractivity contribution in [3.8, 4) is 0 Å². The normalized spacial score (nSPS) is 14.6. The summed E-state index contributed by atoms with van der Waals surface area (Å²) in [5.74, 6) is 1.84. The number of unbranched alkanes of at least 4 members (excludes halogenated alkanes) is 1. The second-order valence-corrected chi connectivity index (χ2v) is 7.40. The zero-order chi connectivity index (χ0) is 18.8. The van der Waals surface area contributed by atoms with Crippen molar-refractivity contribution in [2.24, 2.45) is 10.9 Å². The lowest BCUT2D eigenvalue weighted by Crippen LogP contribution is -2.37. The fraction of sp³-hybridized carbons (Fsp3) is 0.619. The van der Waals surface area contributed by atoms with Gasteiger partial charge in [-0.2, -0.15) is 0 Å². The molecular weight excluding hydrogens is 451 g/mol. The molecule has 5 nitrogen and oxygen atoms in total. The van der Waals surface area contributed by atoms with Gasteiger partial charge < -0.3 is 15.5 Å². The minimum Gasteiger partial charge on any atom is -0.356 e. The van der Waals surface area contributed by atoms with Crippen LogP contribution in [0.25, 0.3) is 0 Å². The first-order valence-corrected chi connectivity index (χ1v) is 9.85. The van der Waals surface area contributed by atoms with E-state index in [1.54, 1.807) is 26.0 Å². The van der Waals surface area contributed by atoms with Gasteiger partial charge >= 0.3 is 0 Å². The Balaban J connectivity index is 0.00000364. The lowest BCUT2D eigenvalue weighted by Gasteiger charge is -2.13. The second-order valence-electron chi connectivity index (χ2n) is 7.40. The molecule has 1 aliphatic rings. The molecular formula is C21H35IN4O. The largest absolute Gasteiger partial charge is 0.356 e. The molecule has 1 aromatic rings. The Hall–Kier alpha value is -1.31. The van der Waals surface area contributed by atoms with Gasteiger partial charge in [0.1, 0.15) is 0 Å². The van der Waals surface area contributed by atoms with Crippen molar-refractivity contribution in [1.82, 2.24) is 15.5 Å². The molecule has 0 spiro atoms. The number of rotatable bonds is 8. The molecule has 1 aromatic carbocycles. The lowest BCUT2D eigenvalue weighted by molar-refractivity contribution is 0.0827. The van der Waals surface area contributed by atoms with Gasteiger partial charge in [-0.3, -0.25) is 9.79 Å². The van der Waals surface area contributed by atoms with Crippen molar-refractivity contribution in [2.45, 2.75) is 51.5 Å². The van der Waals surface area contributed by atoms with Crippen LogP contribution < -0.4 is 10.6 Å². The predicted octanol–water partition coefficient (Wildman–Crippen LogP) is 4.03. The van der Waals surface area contributed by atoms with Gasteiger partial charge in [-0.25, -0.2) is 0 Å². The van der Waals surface area contributed by atoms with Crippen LogP contribution in [0.5, 0.6) is 0 Å². The number of carbonyl (C=O) groups is 1. The Kier molecular flexibility index (Phi) is 11.4. The number of carbonyl (C=O) groups excluding carboxylic acids is 1. The average Bonchev–Trinajstić information content (AvgIpc) is 3.17. The molecule has 0 aromatic heterocycles. The third kappa shape index (κ3) is 8.49. The zero-order valence-corrected chi connectivity index (χ0v) is 19.3. The quantitative estimate of drug-likeness (QED) is 0.253. The number of halogens is 1. The predicted molar refractivity (Wildman–Crippen MR) is 124 cm³/mol. The topological polar surface area (TPSA) is 56.7 Å². The summed E-state index contributed by atoms with van der Waals surface area (Å²) in [7, 11) is 5.33. The molecule has 0 aliphatic heterocycles. The van der Waals surface area contributed by atoms with Gasteiger partial charge in [-0.05, 0) is 30.0 Å². The summed E-state index contributed by atoms with van der Waals surface area (Å²) in [6, 6.07) is 7.72. The van der Waals surface area contributed by atoms with E-state index >= 15 is 0 Å². The molecule has 0 bridgehead atoms.